The van der Waals surface area contributed by atoms with Crippen LogP contribution in [0, 0.1) is 0 Å². The van der Waals surface area contributed by atoms with Crippen LogP contribution in [0.5, 0.6) is 0 Å². The quantitative estimate of drug-likeness (QED) is 0.343. The molecule has 0 saturated carbocycles. The number of esters is 1. The maximum absolute atomic E-state index is 11.6. The summed E-state index contributed by atoms with van der Waals surface area (Å²) in [6.07, 6.45) is 5.99. The number of rotatable bonds is 11. The molecule has 0 spiro atoms. The van der Waals surface area contributed by atoms with Crippen LogP contribution in [-0.2, 0) is 30.3 Å². The molecule has 0 aliphatic carbocycles. The van der Waals surface area contributed by atoms with Crippen LogP contribution in [0.4, 0.5) is 4.79 Å². The van der Waals surface area contributed by atoms with Crippen LogP contribution in [0.2, 0.25) is 0 Å². The van der Waals surface area contributed by atoms with Gasteiger partial charge in [0.05, 0.1) is 12.7 Å². The number of unbranched alkanes of at least 4 members (excludes halogenated alkanes) is 3. The van der Waals surface area contributed by atoms with Crippen molar-refractivity contribution in [1.29, 1.82) is 0 Å². The molecule has 7 heteroatoms. The molecule has 1 aliphatic rings. The molecule has 1 aliphatic heterocycles. The average molecular weight is 405 g/mol. The van der Waals surface area contributed by atoms with Crippen molar-refractivity contribution >= 4 is 12.1 Å². The molecule has 160 valence electrons. The predicted molar refractivity (Wildman–Crippen MR) is 108 cm³/mol. The monoisotopic (exact) mass is 405 g/mol. The fourth-order valence-corrected chi connectivity index (χ4v) is 2.86. The van der Waals surface area contributed by atoms with Crippen LogP contribution in [0.25, 0.3) is 0 Å². The third kappa shape index (κ3) is 9.58. The van der Waals surface area contributed by atoms with E-state index < -0.39 is 6.29 Å². The van der Waals surface area contributed by atoms with Gasteiger partial charge in [-0.15, -0.1) is 0 Å². The summed E-state index contributed by atoms with van der Waals surface area (Å²) in [6.45, 7) is 4.70. The van der Waals surface area contributed by atoms with Gasteiger partial charge in [0.2, 0.25) is 0 Å². The summed E-state index contributed by atoms with van der Waals surface area (Å²) in [5.74, 6) is -0.326. The van der Waals surface area contributed by atoms with E-state index in [1.165, 1.54) is 6.92 Å². The largest absolute Gasteiger partial charge is 0.456 e. The summed E-state index contributed by atoms with van der Waals surface area (Å²) in [4.78, 5) is 22.6. The molecule has 3 atom stereocenters. The Labute approximate surface area is 172 Å². The topological polar surface area (TPSA) is 83.1 Å². The second-order valence-electron chi connectivity index (χ2n) is 6.94. The van der Waals surface area contributed by atoms with Crippen LogP contribution < -0.4 is 5.32 Å². The summed E-state index contributed by atoms with van der Waals surface area (Å²) >= 11 is 0. The lowest BCUT2D eigenvalue weighted by molar-refractivity contribution is -0.181. The molecule has 1 aromatic carbocycles. The Balaban J connectivity index is 1.44. The van der Waals surface area contributed by atoms with Gasteiger partial charge in [0.1, 0.15) is 12.7 Å². The first-order valence-electron chi connectivity index (χ1n) is 10.1. The van der Waals surface area contributed by atoms with E-state index in [1.807, 2.05) is 43.3 Å². The van der Waals surface area contributed by atoms with Crippen molar-refractivity contribution in [2.75, 3.05) is 13.2 Å². The highest BCUT2D eigenvalue weighted by Gasteiger charge is 2.25. The number of benzene rings is 1. The molecule has 1 N–H and O–H groups in total. The first kappa shape index (κ1) is 22.9. The minimum atomic E-state index is -0.405. The molecule has 0 fully saturated rings. The van der Waals surface area contributed by atoms with Gasteiger partial charge in [-0.25, -0.2) is 4.79 Å². The van der Waals surface area contributed by atoms with Crippen molar-refractivity contribution < 1.29 is 28.5 Å². The number of hydrogen-bond donors (Lipinski definition) is 1. The summed E-state index contributed by atoms with van der Waals surface area (Å²) in [6, 6.07) is 9.59. The first-order chi connectivity index (χ1) is 14.0. The van der Waals surface area contributed by atoms with Gasteiger partial charge in [-0.2, -0.15) is 0 Å². The number of hydrogen-bond acceptors (Lipinski definition) is 6. The van der Waals surface area contributed by atoms with Crippen LogP contribution in [0.3, 0.4) is 0 Å². The normalized spacial score (nSPS) is 20.8. The van der Waals surface area contributed by atoms with Crippen molar-refractivity contribution in [2.24, 2.45) is 0 Å². The zero-order valence-electron chi connectivity index (χ0n) is 17.2. The van der Waals surface area contributed by atoms with Crippen molar-refractivity contribution in [3.63, 3.8) is 0 Å². The van der Waals surface area contributed by atoms with Crippen molar-refractivity contribution in [2.45, 2.75) is 64.6 Å². The lowest BCUT2D eigenvalue weighted by Gasteiger charge is -2.29. The Kier molecular flexibility index (Phi) is 10.2. The Hall–Kier alpha value is -2.38. The van der Waals surface area contributed by atoms with Gasteiger partial charge < -0.3 is 24.3 Å². The smallest absolute Gasteiger partial charge is 0.407 e. The third-order valence-corrected chi connectivity index (χ3v) is 4.41. The highest BCUT2D eigenvalue weighted by molar-refractivity contribution is 5.67. The Morgan fingerprint density at radius 1 is 1.07 bits per heavy atom. The highest BCUT2D eigenvalue weighted by atomic mass is 16.7. The minimum Gasteiger partial charge on any atom is -0.456 e. The molecular formula is C22H31NO6. The van der Waals surface area contributed by atoms with E-state index in [0.717, 1.165) is 31.2 Å². The van der Waals surface area contributed by atoms with Gasteiger partial charge in [0.15, 0.2) is 6.29 Å². The molecular weight excluding hydrogens is 374 g/mol. The first-order valence-corrected chi connectivity index (χ1v) is 10.1. The molecule has 0 aromatic heterocycles. The number of amides is 1. The van der Waals surface area contributed by atoms with Crippen LogP contribution >= 0.6 is 0 Å². The number of nitrogens with one attached hydrogen (secondary N) is 1. The average Bonchev–Trinajstić information content (AvgIpc) is 2.71. The lowest BCUT2D eigenvalue weighted by atomic mass is 10.1. The van der Waals surface area contributed by atoms with Crippen LogP contribution in [0.15, 0.2) is 42.5 Å². The van der Waals surface area contributed by atoms with E-state index in [1.54, 1.807) is 6.08 Å². The van der Waals surface area contributed by atoms with Gasteiger partial charge in [0.25, 0.3) is 0 Å². The fourth-order valence-electron chi connectivity index (χ4n) is 2.86. The highest BCUT2D eigenvalue weighted by Crippen LogP contribution is 2.17. The summed E-state index contributed by atoms with van der Waals surface area (Å²) < 4.78 is 21.7. The van der Waals surface area contributed by atoms with Gasteiger partial charge in [-0.05, 0) is 37.5 Å². The molecule has 1 amide bonds. The second kappa shape index (κ2) is 13.0. The van der Waals surface area contributed by atoms with E-state index in [0.29, 0.717) is 13.2 Å². The van der Waals surface area contributed by atoms with E-state index in [4.69, 9.17) is 18.9 Å². The maximum Gasteiger partial charge on any atom is 0.407 e. The third-order valence-electron chi connectivity index (χ3n) is 4.41. The molecule has 0 saturated heterocycles. The Bertz CT molecular complexity index is 648. The zero-order valence-corrected chi connectivity index (χ0v) is 17.2. The fraction of sp³-hybridized carbons (Fsp3) is 0.545. The predicted octanol–water partition coefficient (Wildman–Crippen LogP) is 3.72. The Morgan fingerprint density at radius 2 is 1.83 bits per heavy atom. The maximum atomic E-state index is 11.6. The number of ether oxygens (including phenoxy) is 4. The molecule has 1 aromatic rings. The molecule has 7 nitrogen and oxygen atoms in total. The molecule has 0 unspecified atom stereocenters. The molecule has 0 bridgehead atoms. The van der Waals surface area contributed by atoms with E-state index in [-0.39, 0.29) is 30.9 Å². The van der Waals surface area contributed by atoms with Crippen molar-refractivity contribution in [3.8, 4) is 0 Å². The lowest BCUT2D eigenvalue weighted by Crippen LogP contribution is -2.36. The zero-order chi connectivity index (χ0) is 20.9. The standard InChI is InChI=1S/C22H31NO6/c1-17-20(29-18(2)24)12-13-21(28-17)26-15-9-4-3-8-14-23-22(25)27-16-19-10-6-5-7-11-19/h5-7,10-13,17,20-21H,3-4,8-9,14-16H2,1-2H3,(H,23,25)/t17-,20+,21-/m1/s1. The number of carbonyl (C=O) groups is 2. The SMILES string of the molecule is CC(=O)O[C@H]1C=C[C@H](OCCCCCCNC(=O)OCc2ccccc2)O[C@@H]1C. The number of alkyl carbamates (subject to hydrolysis) is 1. The summed E-state index contributed by atoms with van der Waals surface area (Å²) in [5.41, 5.74) is 0.968. The molecule has 2 rings (SSSR count). The van der Waals surface area contributed by atoms with E-state index in [9.17, 15) is 9.59 Å². The second-order valence-corrected chi connectivity index (χ2v) is 6.94. The van der Waals surface area contributed by atoms with Gasteiger partial charge in [0, 0.05) is 13.5 Å². The van der Waals surface area contributed by atoms with Gasteiger partial charge >= 0.3 is 12.1 Å². The summed E-state index contributed by atoms with van der Waals surface area (Å²) in [7, 11) is 0. The molecule has 1 heterocycles. The van der Waals surface area contributed by atoms with E-state index >= 15 is 0 Å². The van der Waals surface area contributed by atoms with Gasteiger partial charge in [-0.1, -0.05) is 43.2 Å². The Morgan fingerprint density at radius 3 is 2.55 bits per heavy atom. The van der Waals surface area contributed by atoms with Crippen molar-refractivity contribution in [1.82, 2.24) is 5.32 Å². The van der Waals surface area contributed by atoms with Gasteiger partial charge in [-0.3, -0.25) is 4.79 Å². The molecule has 29 heavy (non-hydrogen) atoms. The number of carbonyl (C=O) groups excluding carboxylic acids is 2. The van der Waals surface area contributed by atoms with Crippen LogP contribution in [0.1, 0.15) is 45.1 Å². The van der Waals surface area contributed by atoms with E-state index in [2.05, 4.69) is 5.32 Å². The minimum absolute atomic E-state index is 0.235. The van der Waals surface area contributed by atoms with Crippen LogP contribution in [-0.4, -0.2) is 43.7 Å². The van der Waals surface area contributed by atoms with Crippen molar-refractivity contribution in [3.05, 3.63) is 48.0 Å². The summed E-state index contributed by atoms with van der Waals surface area (Å²) in [5, 5.41) is 2.76. The molecule has 0 radical (unpaired) electrons.